The van der Waals surface area contributed by atoms with Gasteiger partial charge in [-0.2, -0.15) is 0 Å². The molecule has 6 heteroatoms. The van der Waals surface area contributed by atoms with Crippen molar-refractivity contribution >= 4 is 17.5 Å². The molecular formula is C12H11N3O3. The van der Waals surface area contributed by atoms with E-state index < -0.39 is 5.97 Å². The summed E-state index contributed by atoms with van der Waals surface area (Å²) < 4.78 is 4.94. The molecule has 0 aliphatic heterocycles. The molecule has 2 N–H and O–H groups in total. The first-order valence-corrected chi connectivity index (χ1v) is 5.15. The van der Waals surface area contributed by atoms with Gasteiger partial charge in [0.15, 0.2) is 0 Å². The van der Waals surface area contributed by atoms with Crippen LogP contribution < -0.4 is 10.1 Å². The zero-order valence-corrected chi connectivity index (χ0v) is 9.62. The van der Waals surface area contributed by atoms with Gasteiger partial charge in [0.05, 0.1) is 24.6 Å². The fraction of sp³-hybridized carbons (Fsp3) is 0.0833. The number of hydrogen-bond donors (Lipinski definition) is 2. The molecule has 0 aliphatic rings. The third-order valence-electron chi connectivity index (χ3n) is 2.22. The fourth-order valence-corrected chi connectivity index (χ4v) is 1.35. The lowest BCUT2D eigenvalue weighted by Gasteiger charge is -2.06. The Hall–Kier alpha value is -2.63. The zero-order valence-electron chi connectivity index (χ0n) is 9.62. The van der Waals surface area contributed by atoms with Crippen molar-refractivity contribution in [3.63, 3.8) is 0 Å². The van der Waals surface area contributed by atoms with Gasteiger partial charge >= 0.3 is 5.97 Å². The highest BCUT2D eigenvalue weighted by Gasteiger charge is 2.04. The Balaban J connectivity index is 2.17. The van der Waals surface area contributed by atoms with E-state index in [-0.39, 0.29) is 5.56 Å². The summed E-state index contributed by atoms with van der Waals surface area (Å²) in [5.41, 5.74) is 0.875. The van der Waals surface area contributed by atoms with Crippen molar-refractivity contribution in [2.24, 2.45) is 0 Å². The Labute approximate surface area is 103 Å². The number of carbonyl (C=O) groups is 1. The number of nitrogens with zero attached hydrogens (tertiary/aromatic N) is 2. The summed E-state index contributed by atoms with van der Waals surface area (Å²) in [6.07, 6.45) is 3.01. The second-order valence-corrected chi connectivity index (χ2v) is 3.45. The maximum Gasteiger partial charge on any atom is 0.335 e. The van der Waals surface area contributed by atoms with Gasteiger partial charge in [0.25, 0.3) is 0 Å². The minimum absolute atomic E-state index is 0.175. The van der Waals surface area contributed by atoms with Gasteiger partial charge in [0.1, 0.15) is 5.82 Å². The van der Waals surface area contributed by atoms with E-state index in [0.717, 1.165) is 0 Å². The molecule has 0 aromatic carbocycles. The van der Waals surface area contributed by atoms with E-state index in [1.165, 1.54) is 25.4 Å². The molecule has 0 unspecified atom stereocenters. The first-order valence-electron chi connectivity index (χ1n) is 5.15. The number of aromatic nitrogens is 2. The molecule has 0 amide bonds. The summed E-state index contributed by atoms with van der Waals surface area (Å²) in [4.78, 5) is 18.9. The van der Waals surface area contributed by atoms with Crippen LogP contribution in [0.4, 0.5) is 11.5 Å². The lowest BCUT2D eigenvalue weighted by atomic mass is 10.2. The van der Waals surface area contributed by atoms with Crippen LogP contribution in [0.3, 0.4) is 0 Å². The summed E-state index contributed by atoms with van der Waals surface area (Å²) >= 11 is 0. The van der Waals surface area contributed by atoms with E-state index in [2.05, 4.69) is 15.3 Å². The van der Waals surface area contributed by atoms with Gasteiger partial charge in [-0.25, -0.2) is 14.8 Å². The number of nitrogens with one attached hydrogen (secondary N) is 1. The van der Waals surface area contributed by atoms with Gasteiger partial charge in [-0.05, 0) is 18.2 Å². The highest BCUT2D eigenvalue weighted by molar-refractivity contribution is 5.88. The molecule has 0 radical (unpaired) electrons. The highest BCUT2D eigenvalue weighted by Crippen LogP contribution is 2.16. The summed E-state index contributed by atoms with van der Waals surface area (Å²) in [7, 11) is 1.54. The Morgan fingerprint density at radius 1 is 1.33 bits per heavy atom. The van der Waals surface area contributed by atoms with Crippen molar-refractivity contribution in [3.8, 4) is 5.88 Å². The molecule has 2 aromatic heterocycles. The van der Waals surface area contributed by atoms with Gasteiger partial charge in [-0.3, -0.25) is 0 Å². The van der Waals surface area contributed by atoms with E-state index in [1.807, 2.05) is 0 Å². The number of ether oxygens (including phenoxy) is 1. The summed E-state index contributed by atoms with van der Waals surface area (Å²) in [5.74, 6) is -0.0389. The first kappa shape index (κ1) is 11.8. The second kappa shape index (κ2) is 5.13. The number of pyridine rings is 2. The molecule has 92 valence electrons. The number of aromatic carboxylic acids is 1. The van der Waals surface area contributed by atoms with Crippen LogP contribution in [-0.2, 0) is 0 Å². The molecule has 18 heavy (non-hydrogen) atoms. The van der Waals surface area contributed by atoms with Crippen LogP contribution in [0.1, 0.15) is 10.4 Å². The molecule has 0 saturated heterocycles. The van der Waals surface area contributed by atoms with Crippen molar-refractivity contribution in [3.05, 3.63) is 42.2 Å². The predicted molar refractivity (Wildman–Crippen MR) is 65.3 cm³/mol. The molecule has 0 fully saturated rings. The van der Waals surface area contributed by atoms with Crippen molar-refractivity contribution < 1.29 is 14.6 Å². The number of anilines is 2. The Kier molecular flexibility index (Phi) is 3.38. The van der Waals surface area contributed by atoms with Gasteiger partial charge in [-0.15, -0.1) is 0 Å². The van der Waals surface area contributed by atoms with Crippen molar-refractivity contribution in [1.82, 2.24) is 9.97 Å². The van der Waals surface area contributed by atoms with E-state index >= 15 is 0 Å². The van der Waals surface area contributed by atoms with E-state index in [4.69, 9.17) is 9.84 Å². The van der Waals surface area contributed by atoms with Crippen LogP contribution in [0.15, 0.2) is 36.7 Å². The van der Waals surface area contributed by atoms with Crippen molar-refractivity contribution in [2.75, 3.05) is 12.4 Å². The summed E-state index contributed by atoms with van der Waals surface area (Å²) in [5, 5.41) is 11.8. The monoisotopic (exact) mass is 245 g/mol. The summed E-state index contributed by atoms with van der Waals surface area (Å²) in [6.45, 7) is 0. The molecular weight excluding hydrogens is 234 g/mol. The topological polar surface area (TPSA) is 84.3 Å². The first-order chi connectivity index (χ1) is 8.69. The molecule has 2 aromatic rings. The number of carboxylic acids is 1. The maximum atomic E-state index is 10.8. The Morgan fingerprint density at radius 2 is 2.17 bits per heavy atom. The molecule has 0 bridgehead atoms. The molecule has 0 saturated carbocycles. The Morgan fingerprint density at radius 3 is 2.78 bits per heavy atom. The van der Waals surface area contributed by atoms with E-state index in [0.29, 0.717) is 17.4 Å². The molecule has 6 nitrogen and oxygen atoms in total. The van der Waals surface area contributed by atoms with Crippen LogP contribution in [0.2, 0.25) is 0 Å². The smallest absolute Gasteiger partial charge is 0.335 e. The van der Waals surface area contributed by atoms with Crippen LogP contribution in [-0.4, -0.2) is 28.2 Å². The highest BCUT2D eigenvalue weighted by atomic mass is 16.5. The van der Waals surface area contributed by atoms with Gasteiger partial charge < -0.3 is 15.2 Å². The minimum atomic E-state index is -0.992. The third-order valence-corrected chi connectivity index (χ3v) is 2.22. The quantitative estimate of drug-likeness (QED) is 0.856. The molecule has 2 heterocycles. The van der Waals surface area contributed by atoms with Gasteiger partial charge in [-0.1, -0.05) is 0 Å². The molecule has 2 rings (SSSR count). The molecule has 0 aliphatic carbocycles. The van der Waals surface area contributed by atoms with Crippen LogP contribution >= 0.6 is 0 Å². The van der Waals surface area contributed by atoms with Crippen molar-refractivity contribution in [1.29, 1.82) is 0 Å². The number of carboxylic acid groups (broad SMARTS) is 1. The van der Waals surface area contributed by atoms with Crippen LogP contribution in [0, 0.1) is 0 Å². The second-order valence-electron chi connectivity index (χ2n) is 3.45. The SMILES string of the molecule is COc1ccc(Nc2cc(C(=O)O)ccn2)cn1. The largest absolute Gasteiger partial charge is 0.481 e. The lowest BCUT2D eigenvalue weighted by molar-refractivity contribution is 0.0697. The number of hydrogen-bond acceptors (Lipinski definition) is 5. The normalized spacial score (nSPS) is 9.83. The van der Waals surface area contributed by atoms with E-state index in [1.54, 1.807) is 18.3 Å². The minimum Gasteiger partial charge on any atom is -0.481 e. The zero-order chi connectivity index (χ0) is 13.0. The molecule has 0 spiro atoms. The van der Waals surface area contributed by atoms with E-state index in [9.17, 15) is 4.79 Å². The van der Waals surface area contributed by atoms with Gasteiger partial charge in [0.2, 0.25) is 5.88 Å². The maximum absolute atomic E-state index is 10.8. The average molecular weight is 245 g/mol. The third kappa shape index (κ3) is 2.73. The lowest BCUT2D eigenvalue weighted by Crippen LogP contribution is -2.00. The number of methoxy groups -OCH3 is 1. The average Bonchev–Trinajstić information content (AvgIpc) is 2.40. The predicted octanol–water partition coefficient (Wildman–Crippen LogP) is 1.93. The number of rotatable bonds is 4. The summed E-state index contributed by atoms with van der Waals surface area (Å²) in [6, 6.07) is 6.34. The van der Waals surface area contributed by atoms with Crippen LogP contribution in [0.25, 0.3) is 0 Å². The van der Waals surface area contributed by atoms with Crippen LogP contribution in [0.5, 0.6) is 5.88 Å². The van der Waals surface area contributed by atoms with Crippen molar-refractivity contribution in [2.45, 2.75) is 0 Å². The fourth-order valence-electron chi connectivity index (χ4n) is 1.35. The Bertz CT molecular complexity index is 555. The molecule has 0 atom stereocenters. The standard InChI is InChI=1S/C12H11N3O3/c1-18-11-3-2-9(7-14-11)15-10-6-8(12(16)17)4-5-13-10/h2-7H,1H3,(H,13,15)(H,16,17). The van der Waals surface area contributed by atoms with Gasteiger partial charge in [0, 0.05) is 12.3 Å².